The minimum atomic E-state index is -0.147. The van der Waals surface area contributed by atoms with E-state index in [1.54, 1.807) is 12.1 Å². The highest BCUT2D eigenvalue weighted by molar-refractivity contribution is 6.06. The minimum Gasteiger partial charge on any atom is -0.504 e. The van der Waals surface area contributed by atoms with Crippen LogP contribution in [-0.4, -0.2) is 50.6 Å². The molecule has 9 heteroatoms. The molecule has 0 atom stereocenters. The van der Waals surface area contributed by atoms with Gasteiger partial charge in [-0.2, -0.15) is 0 Å². The number of imidazole rings is 1. The molecule has 0 radical (unpaired) electrons. The van der Waals surface area contributed by atoms with Gasteiger partial charge in [0.05, 0.1) is 24.1 Å². The average molecular weight is 504 g/mol. The van der Waals surface area contributed by atoms with Crippen molar-refractivity contribution in [2.75, 3.05) is 25.5 Å². The summed E-state index contributed by atoms with van der Waals surface area (Å²) >= 11 is 0. The van der Waals surface area contributed by atoms with Crippen molar-refractivity contribution < 1.29 is 19.7 Å². The number of aryl methyl sites for hydroxylation is 2. The van der Waals surface area contributed by atoms with E-state index in [1.807, 2.05) is 0 Å². The van der Waals surface area contributed by atoms with E-state index in [1.165, 1.54) is 12.1 Å². The highest BCUT2D eigenvalue weighted by Gasteiger charge is 2.19. The molecule has 4 N–H and O–H groups in total. The fourth-order valence-corrected chi connectivity index (χ4v) is 4.50. The number of rotatable bonds is 13. The number of aromatic nitrogens is 3. The van der Waals surface area contributed by atoms with Crippen LogP contribution in [0.3, 0.4) is 0 Å². The van der Waals surface area contributed by atoms with Gasteiger partial charge in [0, 0.05) is 30.6 Å². The summed E-state index contributed by atoms with van der Waals surface area (Å²) in [5, 5.41) is 21.4. The van der Waals surface area contributed by atoms with Gasteiger partial charge < -0.3 is 25.3 Å². The van der Waals surface area contributed by atoms with Crippen molar-refractivity contribution in [3.63, 3.8) is 0 Å². The lowest BCUT2D eigenvalue weighted by Gasteiger charge is -2.13. The van der Waals surface area contributed by atoms with Crippen molar-refractivity contribution in [1.29, 1.82) is 0 Å². The number of benzene rings is 2. The van der Waals surface area contributed by atoms with Crippen molar-refractivity contribution in [3.8, 4) is 11.5 Å². The molecule has 0 aliphatic rings. The number of nitrogen functional groups attached to an aromatic ring is 1. The van der Waals surface area contributed by atoms with Gasteiger partial charge in [0.25, 0.3) is 0 Å². The van der Waals surface area contributed by atoms with E-state index in [0.717, 1.165) is 59.9 Å². The second-order valence-electron chi connectivity index (χ2n) is 9.09. The van der Waals surface area contributed by atoms with Crippen LogP contribution in [-0.2, 0) is 28.9 Å². The monoisotopic (exact) mass is 503 g/mol. The fraction of sp³-hybridized carbons (Fsp3) is 0.393. The zero-order valence-corrected chi connectivity index (χ0v) is 21.1. The largest absolute Gasteiger partial charge is 0.504 e. The lowest BCUT2D eigenvalue weighted by molar-refractivity contribution is 0.131. The van der Waals surface area contributed by atoms with Crippen LogP contribution >= 0.6 is 0 Å². The van der Waals surface area contributed by atoms with E-state index >= 15 is 0 Å². The first kappa shape index (κ1) is 26.1. The Kier molecular flexibility index (Phi) is 8.72. The van der Waals surface area contributed by atoms with Crippen molar-refractivity contribution in [1.82, 2.24) is 14.5 Å². The number of aliphatic imine (C=N–C) groups is 1. The summed E-state index contributed by atoms with van der Waals surface area (Å²) in [7, 11) is 0. The number of isocyanates is 1. The predicted molar refractivity (Wildman–Crippen MR) is 144 cm³/mol. The van der Waals surface area contributed by atoms with Gasteiger partial charge in [-0.15, -0.1) is 0 Å². The van der Waals surface area contributed by atoms with Gasteiger partial charge in [-0.25, -0.2) is 19.8 Å². The first-order chi connectivity index (χ1) is 18.0. The lowest BCUT2D eigenvalue weighted by Crippen LogP contribution is -2.06. The van der Waals surface area contributed by atoms with Crippen molar-refractivity contribution in [3.05, 3.63) is 53.3 Å². The summed E-state index contributed by atoms with van der Waals surface area (Å²) in [4.78, 5) is 23.1. The third-order valence-electron chi connectivity index (χ3n) is 6.41. The fourth-order valence-electron chi connectivity index (χ4n) is 4.50. The lowest BCUT2D eigenvalue weighted by atomic mass is 10.1. The van der Waals surface area contributed by atoms with E-state index in [9.17, 15) is 15.0 Å². The highest BCUT2D eigenvalue weighted by Crippen LogP contribution is 2.34. The number of ether oxygens (including phenoxy) is 1. The molecule has 0 aliphatic heterocycles. The van der Waals surface area contributed by atoms with Gasteiger partial charge in [-0.05, 0) is 43.4 Å². The maximum atomic E-state index is 10.5. The van der Waals surface area contributed by atoms with E-state index in [0.29, 0.717) is 49.6 Å². The SMILES string of the molecule is CCCCc1nc2c(N)nc3cc(CCCOCCCN=C=O)ccc3c2n1Cc1cccc(O)c1O. The Hall–Kier alpha value is -3.94. The third kappa shape index (κ3) is 6.07. The Morgan fingerprint density at radius 3 is 2.73 bits per heavy atom. The number of fused-ring (bicyclic) bond motifs is 3. The number of nitrogens with two attached hydrogens (primary N) is 1. The topological polar surface area (TPSA) is 136 Å². The first-order valence-electron chi connectivity index (χ1n) is 12.7. The molecule has 4 aromatic rings. The van der Waals surface area contributed by atoms with E-state index in [-0.39, 0.29) is 11.5 Å². The molecule has 37 heavy (non-hydrogen) atoms. The van der Waals surface area contributed by atoms with Gasteiger partial charge in [0.15, 0.2) is 17.3 Å². The zero-order valence-electron chi connectivity index (χ0n) is 21.1. The quantitative estimate of drug-likeness (QED) is 0.105. The summed E-state index contributed by atoms with van der Waals surface area (Å²) in [6, 6.07) is 11.2. The summed E-state index contributed by atoms with van der Waals surface area (Å²) in [6.45, 7) is 4.12. The normalized spacial score (nSPS) is 11.3. The van der Waals surface area contributed by atoms with Gasteiger partial charge in [0.2, 0.25) is 6.08 Å². The molecule has 0 amide bonds. The van der Waals surface area contributed by atoms with E-state index < -0.39 is 0 Å². The van der Waals surface area contributed by atoms with Crippen molar-refractivity contribution in [2.24, 2.45) is 4.99 Å². The molecule has 0 saturated heterocycles. The number of phenolic OH excluding ortho intramolecular Hbond substituents is 2. The van der Waals surface area contributed by atoms with Crippen LogP contribution in [0, 0.1) is 0 Å². The number of unbranched alkanes of at least 4 members (excludes halogenated alkanes) is 1. The molecule has 0 spiro atoms. The van der Waals surface area contributed by atoms with E-state index in [4.69, 9.17) is 15.5 Å². The molecule has 2 aromatic carbocycles. The van der Waals surface area contributed by atoms with Crippen LogP contribution in [0.1, 0.15) is 49.6 Å². The average Bonchev–Trinajstić information content (AvgIpc) is 3.26. The van der Waals surface area contributed by atoms with Crippen molar-refractivity contribution in [2.45, 2.75) is 52.0 Å². The Bertz CT molecular complexity index is 1430. The van der Waals surface area contributed by atoms with Crippen molar-refractivity contribution >= 4 is 33.8 Å². The van der Waals surface area contributed by atoms with Gasteiger partial charge in [-0.3, -0.25) is 0 Å². The minimum absolute atomic E-state index is 0.127. The first-order valence-corrected chi connectivity index (χ1v) is 12.7. The molecule has 0 aliphatic carbocycles. The Labute approximate surface area is 215 Å². The Morgan fingerprint density at radius 2 is 1.92 bits per heavy atom. The number of aromatic hydroxyl groups is 2. The molecular formula is C28H33N5O4. The second-order valence-corrected chi connectivity index (χ2v) is 9.09. The maximum Gasteiger partial charge on any atom is 0.234 e. The molecule has 2 heterocycles. The summed E-state index contributed by atoms with van der Waals surface area (Å²) in [5.41, 5.74) is 10.5. The molecule has 0 fully saturated rings. The number of nitrogens with zero attached hydrogens (tertiary/aromatic N) is 4. The van der Waals surface area contributed by atoms with Gasteiger partial charge >= 0.3 is 0 Å². The number of anilines is 1. The zero-order chi connectivity index (χ0) is 26.2. The van der Waals surface area contributed by atoms with E-state index in [2.05, 4.69) is 39.7 Å². The van der Waals surface area contributed by atoms with Crippen LogP contribution < -0.4 is 5.73 Å². The molecule has 194 valence electrons. The van der Waals surface area contributed by atoms with Crippen LogP contribution in [0.2, 0.25) is 0 Å². The van der Waals surface area contributed by atoms with Crippen LogP contribution in [0.25, 0.3) is 21.9 Å². The molecule has 2 aromatic heterocycles. The highest BCUT2D eigenvalue weighted by atomic mass is 16.5. The van der Waals surface area contributed by atoms with Gasteiger partial charge in [-0.1, -0.05) is 37.6 Å². The molecule has 4 rings (SSSR count). The number of para-hydroxylation sites is 1. The maximum absolute atomic E-state index is 10.5. The van der Waals surface area contributed by atoms with Crippen LogP contribution in [0.15, 0.2) is 41.4 Å². The van der Waals surface area contributed by atoms with Crippen LogP contribution in [0.4, 0.5) is 5.82 Å². The number of carbonyl (C=O) groups excluding carboxylic acids is 1. The summed E-state index contributed by atoms with van der Waals surface area (Å²) in [6.07, 6.45) is 6.69. The standard InChI is InChI=1S/C28H33N5O4/c1-2-3-10-24-32-25-26(33(24)17-20-8-4-9-23(35)27(20)36)21-12-11-19(16-22(21)31-28(25)29)7-5-14-37-15-6-13-30-18-34/h4,8-9,11-12,16,35-36H,2-3,5-7,10,13-15,17H2,1H3,(H2,29,31). The number of hydrogen-bond donors (Lipinski definition) is 3. The molecular weight excluding hydrogens is 470 g/mol. The number of phenols is 2. The number of hydrogen-bond acceptors (Lipinski definition) is 8. The third-order valence-corrected chi connectivity index (χ3v) is 6.41. The van der Waals surface area contributed by atoms with Crippen LogP contribution in [0.5, 0.6) is 11.5 Å². The summed E-state index contributed by atoms with van der Waals surface area (Å²) in [5.74, 6) is 0.975. The molecule has 0 saturated carbocycles. The Balaban J connectivity index is 1.63. The number of pyridine rings is 1. The Morgan fingerprint density at radius 1 is 1.08 bits per heavy atom. The smallest absolute Gasteiger partial charge is 0.234 e. The molecule has 0 unspecified atom stereocenters. The molecule has 9 nitrogen and oxygen atoms in total. The predicted octanol–water partition coefficient (Wildman–Crippen LogP) is 4.64. The second kappa shape index (κ2) is 12.3. The summed E-state index contributed by atoms with van der Waals surface area (Å²) < 4.78 is 7.70. The van der Waals surface area contributed by atoms with Gasteiger partial charge in [0.1, 0.15) is 11.3 Å². The molecule has 0 bridgehead atoms.